The van der Waals surface area contributed by atoms with E-state index in [-0.39, 0.29) is 11.8 Å². The summed E-state index contributed by atoms with van der Waals surface area (Å²) in [5.74, 6) is 2.38. The van der Waals surface area contributed by atoms with Gasteiger partial charge in [-0.25, -0.2) is 0 Å². The number of hydrogen-bond donors (Lipinski definition) is 0. The second-order valence-corrected chi connectivity index (χ2v) is 7.86. The van der Waals surface area contributed by atoms with Crippen LogP contribution in [0.25, 0.3) is 11.5 Å². The molecule has 3 aromatic rings. The van der Waals surface area contributed by atoms with Gasteiger partial charge in [-0.3, -0.25) is 4.79 Å². The summed E-state index contributed by atoms with van der Waals surface area (Å²) in [5, 5.41) is 12.4. The van der Waals surface area contributed by atoms with Gasteiger partial charge in [-0.05, 0) is 56.3 Å². The number of hydrogen-bond acceptors (Lipinski definition) is 7. The molecule has 158 valence electrons. The van der Waals surface area contributed by atoms with Crippen LogP contribution in [0.3, 0.4) is 0 Å². The second kappa shape index (κ2) is 9.30. The molecule has 1 saturated heterocycles. The number of nitrogens with zero attached hydrogens (tertiary/aromatic N) is 3. The summed E-state index contributed by atoms with van der Waals surface area (Å²) >= 11 is 1.59. The molecule has 30 heavy (non-hydrogen) atoms. The van der Waals surface area contributed by atoms with Gasteiger partial charge in [0.15, 0.2) is 11.5 Å². The van der Waals surface area contributed by atoms with Crippen molar-refractivity contribution in [3.8, 4) is 23.0 Å². The highest BCUT2D eigenvalue weighted by Gasteiger charge is 2.29. The molecule has 1 aliphatic rings. The zero-order chi connectivity index (χ0) is 20.9. The van der Waals surface area contributed by atoms with Gasteiger partial charge >= 0.3 is 0 Å². The molecule has 2 aromatic heterocycles. The molecular formula is C22H25N3O4S. The normalized spacial score (nSPS) is 16.5. The van der Waals surface area contributed by atoms with Gasteiger partial charge in [0.05, 0.1) is 19.1 Å². The van der Waals surface area contributed by atoms with E-state index in [4.69, 9.17) is 13.9 Å². The summed E-state index contributed by atoms with van der Waals surface area (Å²) in [7, 11) is 0. The molecule has 1 amide bonds. The van der Waals surface area contributed by atoms with Crippen molar-refractivity contribution in [2.75, 3.05) is 26.3 Å². The highest BCUT2D eigenvalue weighted by molar-refractivity contribution is 7.08. The minimum absolute atomic E-state index is 0.0266. The Morgan fingerprint density at radius 1 is 1.20 bits per heavy atom. The Morgan fingerprint density at radius 2 is 2.03 bits per heavy atom. The van der Waals surface area contributed by atoms with Crippen molar-refractivity contribution >= 4 is 17.2 Å². The minimum Gasteiger partial charge on any atom is -0.490 e. The van der Waals surface area contributed by atoms with E-state index < -0.39 is 0 Å². The topological polar surface area (TPSA) is 77.7 Å². The van der Waals surface area contributed by atoms with Crippen LogP contribution in [-0.4, -0.2) is 47.3 Å². The second-order valence-electron chi connectivity index (χ2n) is 7.08. The fourth-order valence-corrected chi connectivity index (χ4v) is 4.26. The van der Waals surface area contributed by atoms with Crippen LogP contribution in [0.4, 0.5) is 0 Å². The number of piperidine rings is 1. The molecule has 0 saturated carbocycles. The van der Waals surface area contributed by atoms with Crippen molar-refractivity contribution < 1.29 is 18.7 Å². The minimum atomic E-state index is -0.0266. The quantitative estimate of drug-likeness (QED) is 0.548. The van der Waals surface area contributed by atoms with E-state index in [1.807, 2.05) is 35.6 Å². The number of amides is 1. The summed E-state index contributed by atoms with van der Waals surface area (Å²) in [5.41, 5.74) is 1.52. The number of carbonyl (C=O) groups excluding carboxylic acids is 1. The lowest BCUT2D eigenvalue weighted by Gasteiger charge is -2.31. The first-order valence-corrected chi connectivity index (χ1v) is 11.2. The van der Waals surface area contributed by atoms with Gasteiger partial charge < -0.3 is 18.8 Å². The van der Waals surface area contributed by atoms with Crippen molar-refractivity contribution in [1.82, 2.24) is 15.1 Å². The largest absolute Gasteiger partial charge is 0.490 e. The van der Waals surface area contributed by atoms with Gasteiger partial charge in [0.25, 0.3) is 5.91 Å². The van der Waals surface area contributed by atoms with Crippen LogP contribution >= 0.6 is 11.3 Å². The first kappa shape index (κ1) is 20.4. The van der Waals surface area contributed by atoms with Gasteiger partial charge in [0.2, 0.25) is 11.8 Å². The standard InChI is InChI=1S/C22H25N3O4S/c1-3-27-18-8-7-15(12-19(18)28-4-2)22(26)25-10-5-6-16(13-25)20-23-24-21(29-20)17-9-11-30-14-17/h7-9,11-12,14,16H,3-6,10,13H2,1-2H3. The highest BCUT2D eigenvalue weighted by Crippen LogP contribution is 2.32. The molecule has 1 atom stereocenters. The summed E-state index contributed by atoms with van der Waals surface area (Å²) in [6.07, 6.45) is 1.81. The third kappa shape index (κ3) is 4.33. The zero-order valence-corrected chi connectivity index (χ0v) is 18.0. The van der Waals surface area contributed by atoms with Crippen LogP contribution in [0.1, 0.15) is 48.9 Å². The molecule has 8 heteroatoms. The Hall–Kier alpha value is -2.87. The molecule has 0 N–H and O–H groups in total. The molecule has 7 nitrogen and oxygen atoms in total. The smallest absolute Gasteiger partial charge is 0.254 e. The number of benzene rings is 1. The molecule has 0 aliphatic carbocycles. The number of ether oxygens (including phenoxy) is 2. The first-order valence-electron chi connectivity index (χ1n) is 10.2. The third-order valence-electron chi connectivity index (χ3n) is 5.06. The van der Waals surface area contributed by atoms with Gasteiger partial charge in [0, 0.05) is 29.6 Å². The molecule has 0 spiro atoms. The number of carbonyl (C=O) groups is 1. The maximum atomic E-state index is 13.2. The molecule has 4 rings (SSSR count). The molecule has 1 unspecified atom stereocenters. The summed E-state index contributed by atoms with van der Waals surface area (Å²) in [6, 6.07) is 7.32. The number of likely N-dealkylation sites (tertiary alicyclic amines) is 1. The van der Waals surface area contributed by atoms with E-state index in [1.165, 1.54) is 0 Å². The first-order chi connectivity index (χ1) is 14.7. The van der Waals surface area contributed by atoms with Crippen molar-refractivity contribution in [2.24, 2.45) is 0 Å². The molecule has 0 bridgehead atoms. The lowest BCUT2D eigenvalue weighted by atomic mass is 9.97. The fourth-order valence-electron chi connectivity index (χ4n) is 3.63. The molecule has 0 radical (unpaired) electrons. The van der Waals surface area contributed by atoms with Gasteiger partial charge in [-0.15, -0.1) is 10.2 Å². The number of rotatable bonds is 7. The fraction of sp³-hybridized carbons (Fsp3) is 0.409. The monoisotopic (exact) mass is 427 g/mol. The number of thiophene rings is 1. The van der Waals surface area contributed by atoms with E-state index in [9.17, 15) is 4.79 Å². The van der Waals surface area contributed by atoms with Crippen LogP contribution in [0.5, 0.6) is 11.5 Å². The van der Waals surface area contributed by atoms with Crippen molar-refractivity contribution in [3.63, 3.8) is 0 Å². The highest BCUT2D eigenvalue weighted by atomic mass is 32.1. The van der Waals surface area contributed by atoms with Gasteiger partial charge in [-0.1, -0.05) is 0 Å². The molecule has 1 aromatic carbocycles. The van der Waals surface area contributed by atoms with Crippen LogP contribution in [0.2, 0.25) is 0 Å². The van der Waals surface area contributed by atoms with Gasteiger partial charge in [-0.2, -0.15) is 11.3 Å². The van der Waals surface area contributed by atoms with Crippen LogP contribution in [-0.2, 0) is 0 Å². The van der Waals surface area contributed by atoms with Crippen LogP contribution < -0.4 is 9.47 Å². The number of aromatic nitrogens is 2. The van der Waals surface area contributed by atoms with E-state index in [0.717, 1.165) is 18.4 Å². The lowest BCUT2D eigenvalue weighted by Crippen LogP contribution is -2.39. The van der Waals surface area contributed by atoms with Crippen LogP contribution in [0.15, 0.2) is 39.4 Å². The Morgan fingerprint density at radius 3 is 2.80 bits per heavy atom. The van der Waals surface area contributed by atoms with E-state index in [1.54, 1.807) is 29.5 Å². The SMILES string of the molecule is CCOc1ccc(C(=O)N2CCCC(c3nnc(-c4ccsc4)o3)C2)cc1OCC. The predicted molar refractivity (Wildman–Crippen MR) is 114 cm³/mol. The van der Waals surface area contributed by atoms with Crippen molar-refractivity contribution in [3.05, 3.63) is 46.5 Å². The Balaban J connectivity index is 1.49. The molecule has 1 aliphatic heterocycles. The van der Waals surface area contributed by atoms with Crippen molar-refractivity contribution in [2.45, 2.75) is 32.6 Å². The van der Waals surface area contributed by atoms with E-state index >= 15 is 0 Å². The zero-order valence-electron chi connectivity index (χ0n) is 17.2. The average molecular weight is 428 g/mol. The summed E-state index contributed by atoms with van der Waals surface area (Å²) in [4.78, 5) is 15.0. The summed E-state index contributed by atoms with van der Waals surface area (Å²) in [6.45, 7) is 6.14. The Bertz CT molecular complexity index is 986. The molecular weight excluding hydrogens is 402 g/mol. The average Bonchev–Trinajstić information content (AvgIpc) is 3.47. The molecule has 3 heterocycles. The van der Waals surface area contributed by atoms with Crippen LogP contribution in [0, 0.1) is 0 Å². The predicted octanol–water partition coefficient (Wildman–Crippen LogP) is 4.62. The summed E-state index contributed by atoms with van der Waals surface area (Å²) < 4.78 is 17.2. The Labute approximate surface area is 179 Å². The van der Waals surface area contributed by atoms with Gasteiger partial charge in [0.1, 0.15) is 0 Å². The third-order valence-corrected chi connectivity index (χ3v) is 5.74. The van der Waals surface area contributed by atoms with E-state index in [0.29, 0.717) is 55.1 Å². The molecule has 1 fully saturated rings. The Kier molecular flexibility index (Phi) is 6.32. The van der Waals surface area contributed by atoms with Crippen molar-refractivity contribution in [1.29, 1.82) is 0 Å². The van der Waals surface area contributed by atoms with E-state index in [2.05, 4.69) is 10.2 Å². The maximum absolute atomic E-state index is 13.2. The lowest BCUT2D eigenvalue weighted by molar-refractivity contribution is 0.0698. The maximum Gasteiger partial charge on any atom is 0.254 e.